The molecule has 1 fully saturated rings. The number of para-hydroxylation sites is 1. The molecule has 4 rings (SSSR count). The highest BCUT2D eigenvalue weighted by atomic mass is 19.4. The summed E-state index contributed by atoms with van der Waals surface area (Å²) in [7, 11) is 0. The SMILES string of the molecule is O=C(NC1CCC[C@@H]1Nc1ncc(C(F)(F)F)cn1)c1ccccc1-n1nccn1. The van der Waals surface area contributed by atoms with Gasteiger partial charge in [-0.05, 0) is 31.4 Å². The van der Waals surface area contributed by atoms with E-state index >= 15 is 0 Å². The van der Waals surface area contributed by atoms with Crippen LogP contribution in [0, 0.1) is 0 Å². The molecule has 1 aliphatic rings. The number of nitrogens with zero attached hydrogens (tertiary/aromatic N) is 5. The molecule has 1 amide bonds. The molecule has 1 unspecified atom stereocenters. The summed E-state index contributed by atoms with van der Waals surface area (Å²) in [6, 6.07) is 6.56. The Kier molecular flexibility index (Phi) is 5.34. The molecule has 0 spiro atoms. The van der Waals surface area contributed by atoms with Crippen LogP contribution >= 0.6 is 0 Å². The van der Waals surface area contributed by atoms with Crippen molar-refractivity contribution in [1.29, 1.82) is 0 Å². The number of nitrogens with one attached hydrogen (secondary N) is 2. The molecule has 0 bridgehead atoms. The lowest BCUT2D eigenvalue weighted by Crippen LogP contribution is -2.43. The number of anilines is 1. The van der Waals surface area contributed by atoms with Crippen LogP contribution < -0.4 is 10.6 Å². The summed E-state index contributed by atoms with van der Waals surface area (Å²) in [5, 5.41) is 14.2. The predicted octanol–water partition coefficient (Wildman–Crippen LogP) is 2.84. The van der Waals surface area contributed by atoms with Crippen molar-refractivity contribution in [2.75, 3.05) is 5.32 Å². The third-order valence-corrected chi connectivity index (χ3v) is 4.91. The lowest BCUT2D eigenvalue weighted by molar-refractivity contribution is -0.138. The van der Waals surface area contributed by atoms with Crippen molar-refractivity contribution < 1.29 is 18.0 Å². The second-order valence-corrected chi connectivity index (χ2v) is 6.89. The van der Waals surface area contributed by atoms with Gasteiger partial charge in [0.15, 0.2) is 0 Å². The first-order chi connectivity index (χ1) is 14.4. The number of aromatic nitrogens is 5. The zero-order valence-corrected chi connectivity index (χ0v) is 15.7. The van der Waals surface area contributed by atoms with Crippen LogP contribution in [0.3, 0.4) is 0 Å². The molecule has 11 heteroatoms. The third-order valence-electron chi connectivity index (χ3n) is 4.91. The number of benzene rings is 1. The largest absolute Gasteiger partial charge is 0.419 e. The molecular weight excluding hydrogens is 399 g/mol. The maximum atomic E-state index is 12.9. The van der Waals surface area contributed by atoms with Crippen molar-refractivity contribution in [3.05, 3.63) is 60.2 Å². The minimum absolute atomic E-state index is 0.0929. The van der Waals surface area contributed by atoms with Gasteiger partial charge in [-0.15, -0.1) is 0 Å². The van der Waals surface area contributed by atoms with Crippen LogP contribution in [0.5, 0.6) is 0 Å². The van der Waals surface area contributed by atoms with Gasteiger partial charge >= 0.3 is 6.18 Å². The van der Waals surface area contributed by atoms with Gasteiger partial charge in [0.1, 0.15) is 0 Å². The molecule has 2 atom stereocenters. The fraction of sp³-hybridized carbons (Fsp3) is 0.316. The molecule has 1 aromatic carbocycles. The van der Waals surface area contributed by atoms with E-state index in [1.165, 1.54) is 17.2 Å². The van der Waals surface area contributed by atoms with Crippen molar-refractivity contribution >= 4 is 11.9 Å². The van der Waals surface area contributed by atoms with Crippen LogP contribution in [0.4, 0.5) is 19.1 Å². The smallest absolute Gasteiger partial charge is 0.349 e. The van der Waals surface area contributed by atoms with Crippen molar-refractivity contribution in [2.24, 2.45) is 0 Å². The number of carbonyl (C=O) groups excluding carboxylic acids is 1. The highest BCUT2D eigenvalue weighted by molar-refractivity contribution is 5.97. The van der Waals surface area contributed by atoms with E-state index in [1.807, 2.05) is 0 Å². The van der Waals surface area contributed by atoms with Crippen LogP contribution in [0.25, 0.3) is 5.69 Å². The van der Waals surface area contributed by atoms with E-state index in [9.17, 15) is 18.0 Å². The Morgan fingerprint density at radius 2 is 1.70 bits per heavy atom. The Morgan fingerprint density at radius 1 is 1.03 bits per heavy atom. The zero-order chi connectivity index (χ0) is 21.1. The molecule has 8 nitrogen and oxygen atoms in total. The standard InChI is InChI=1S/C19H18F3N7O/c20-19(21,22)12-10-23-18(24-11-12)28-15-6-3-5-14(15)27-17(30)13-4-1-2-7-16(13)29-25-8-9-26-29/h1-2,4,7-11,14-15H,3,5-6H2,(H,27,30)(H,23,24,28)/t14?,15-/m0/s1. The van der Waals surface area contributed by atoms with Gasteiger partial charge in [0.05, 0.1) is 29.2 Å². The van der Waals surface area contributed by atoms with E-state index in [4.69, 9.17) is 0 Å². The second kappa shape index (κ2) is 8.09. The first-order valence-corrected chi connectivity index (χ1v) is 9.34. The summed E-state index contributed by atoms with van der Waals surface area (Å²) in [5.74, 6) is -0.190. The molecule has 0 aliphatic heterocycles. The van der Waals surface area contributed by atoms with Gasteiger partial charge in [0.2, 0.25) is 5.95 Å². The lowest BCUT2D eigenvalue weighted by atomic mass is 10.1. The molecule has 3 aromatic rings. The van der Waals surface area contributed by atoms with Gasteiger partial charge in [0.25, 0.3) is 5.91 Å². The molecule has 30 heavy (non-hydrogen) atoms. The van der Waals surface area contributed by atoms with E-state index in [1.54, 1.807) is 24.3 Å². The normalized spacial score (nSPS) is 18.9. The number of rotatable bonds is 5. The summed E-state index contributed by atoms with van der Waals surface area (Å²) in [6.07, 6.45) is 2.36. The fourth-order valence-electron chi connectivity index (χ4n) is 3.45. The van der Waals surface area contributed by atoms with Gasteiger partial charge < -0.3 is 10.6 Å². The lowest BCUT2D eigenvalue weighted by Gasteiger charge is -2.22. The van der Waals surface area contributed by atoms with Crippen molar-refractivity contribution in [2.45, 2.75) is 37.5 Å². The number of alkyl halides is 3. The van der Waals surface area contributed by atoms with Crippen molar-refractivity contribution in [1.82, 2.24) is 30.3 Å². The molecule has 0 radical (unpaired) electrons. The molecule has 156 valence electrons. The van der Waals surface area contributed by atoms with Crippen LogP contribution in [0.1, 0.15) is 35.2 Å². The van der Waals surface area contributed by atoms with E-state index in [0.29, 0.717) is 11.3 Å². The number of halogens is 3. The van der Waals surface area contributed by atoms with E-state index < -0.39 is 11.7 Å². The van der Waals surface area contributed by atoms with Gasteiger partial charge in [0, 0.05) is 24.5 Å². The molecule has 2 heterocycles. The Balaban J connectivity index is 1.45. The van der Waals surface area contributed by atoms with Crippen LogP contribution in [-0.2, 0) is 6.18 Å². The topological polar surface area (TPSA) is 97.6 Å². The Labute approximate surface area is 169 Å². The summed E-state index contributed by atoms with van der Waals surface area (Å²) in [6.45, 7) is 0. The van der Waals surface area contributed by atoms with Crippen LogP contribution in [0.15, 0.2) is 49.1 Å². The average Bonchev–Trinajstić information content (AvgIpc) is 3.40. The number of hydrogen-bond acceptors (Lipinski definition) is 6. The van der Waals surface area contributed by atoms with Gasteiger partial charge in [-0.1, -0.05) is 12.1 Å². The second-order valence-electron chi connectivity index (χ2n) is 6.89. The van der Waals surface area contributed by atoms with E-state index in [-0.39, 0.29) is 23.9 Å². The maximum absolute atomic E-state index is 12.9. The van der Waals surface area contributed by atoms with Crippen LogP contribution in [0.2, 0.25) is 0 Å². The maximum Gasteiger partial charge on any atom is 0.419 e. The summed E-state index contributed by atoms with van der Waals surface area (Å²) in [4.78, 5) is 21.8. The zero-order valence-electron chi connectivity index (χ0n) is 15.7. The number of amides is 1. The molecule has 1 saturated carbocycles. The van der Waals surface area contributed by atoms with E-state index in [0.717, 1.165) is 31.7 Å². The Bertz CT molecular complexity index is 1010. The first kappa shape index (κ1) is 19.8. The summed E-state index contributed by atoms with van der Waals surface area (Å²) in [5.41, 5.74) is 0.0619. The predicted molar refractivity (Wildman–Crippen MR) is 101 cm³/mol. The highest BCUT2D eigenvalue weighted by Crippen LogP contribution is 2.28. The third kappa shape index (κ3) is 4.24. The molecule has 2 aromatic heterocycles. The van der Waals surface area contributed by atoms with Crippen molar-refractivity contribution in [3.8, 4) is 5.69 Å². The Morgan fingerprint density at radius 3 is 2.40 bits per heavy atom. The summed E-state index contributed by atoms with van der Waals surface area (Å²) < 4.78 is 38.0. The highest BCUT2D eigenvalue weighted by Gasteiger charge is 2.33. The fourth-order valence-corrected chi connectivity index (χ4v) is 3.45. The quantitative estimate of drug-likeness (QED) is 0.663. The minimum atomic E-state index is -4.49. The number of hydrogen-bond donors (Lipinski definition) is 2. The molecular formula is C19H18F3N7O. The molecule has 2 N–H and O–H groups in total. The van der Waals surface area contributed by atoms with Gasteiger partial charge in [-0.3, -0.25) is 4.79 Å². The number of carbonyl (C=O) groups is 1. The molecule has 0 saturated heterocycles. The average molecular weight is 417 g/mol. The van der Waals surface area contributed by atoms with Crippen LogP contribution in [-0.4, -0.2) is 43.0 Å². The van der Waals surface area contributed by atoms with Gasteiger partial charge in [-0.2, -0.15) is 28.2 Å². The Hall–Kier alpha value is -3.50. The first-order valence-electron chi connectivity index (χ1n) is 9.34. The van der Waals surface area contributed by atoms with E-state index in [2.05, 4.69) is 30.8 Å². The molecule has 1 aliphatic carbocycles. The van der Waals surface area contributed by atoms with Crippen molar-refractivity contribution in [3.63, 3.8) is 0 Å². The summed E-state index contributed by atoms with van der Waals surface area (Å²) >= 11 is 0. The monoisotopic (exact) mass is 417 g/mol. The van der Waals surface area contributed by atoms with Gasteiger partial charge in [-0.25, -0.2) is 9.97 Å². The minimum Gasteiger partial charge on any atom is -0.349 e.